The molecule has 0 aliphatic carbocycles. The molecule has 0 radical (unpaired) electrons. The zero-order valence-corrected chi connectivity index (χ0v) is 26.5. The van der Waals surface area contributed by atoms with E-state index in [0.717, 1.165) is 32.0 Å². The highest BCUT2D eigenvalue weighted by molar-refractivity contribution is 6.04. The van der Waals surface area contributed by atoms with Gasteiger partial charge in [0.2, 0.25) is 5.91 Å². The lowest BCUT2D eigenvalue weighted by molar-refractivity contribution is -0.131. The van der Waals surface area contributed by atoms with Crippen molar-refractivity contribution in [2.24, 2.45) is 11.3 Å². The van der Waals surface area contributed by atoms with Crippen LogP contribution in [0.1, 0.15) is 33.1 Å². The first-order valence-electron chi connectivity index (χ1n) is 15.1. The van der Waals surface area contributed by atoms with Crippen molar-refractivity contribution in [3.05, 3.63) is 78.5 Å². The molecule has 2 heterocycles. The van der Waals surface area contributed by atoms with Gasteiger partial charge in [-0.2, -0.15) is 0 Å². The maximum Gasteiger partial charge on any atom is 0.237 e. The van der Waals surface area contributed by atoms with Crippen LogP contribution >= 0.6 is 0 Å². The standard InChI is InChI=1S/C29H34FN3O5.C6H6FN/c1-5-29(2,18-34)28(35)32-20-6-7-25(22(30)14-20)38-24-8-11-31-23-16-27(26(36-4)15-21(23)24)37-17-19-9-12-33(3)13-10-19;7-5-1-3-6(8)4-2-5/h6-8,11,14-16,18-19H,5,9-10,12-13,17H2,1-4H3,(H,32,35);1-4H,8H2. The highest BCUT2D eigenvalue weighted by Gasteiger charge is 2.31. The summed E-state index contributed by atoms with van der Waals surface area (Å²) in [4.78, 5) is 30.5. The van der Waals surface area contributed by atoms with Crippen LogP contribution in [0.4, 0.5) is 20.2 Å². The number of piperidine rings is 1. The summed E-state index contributed by atoms with van der Waals surface area (Å²) < 4.78 is 44.6. The molecule has 1 saturated heterocycles. The van der Waals surface area contributed by atoms with Gasteiger partial charge in [-0.1, -0.05) is 6.92 Å². The minimum absolute atomic E-state index is 0.0225. The molecule has 1 aromatic heterocycles. The van der Waals surface area contributed by atoms with Crippen LogP contribution in [0.15, 0.2) is 66.9 Å². The Morgan fingerprint density at radius 2 is 1.76 bits per heavy atom. The average Bonchev–Trinajstić information content (AvgIpc) is 3.06. The van der Waals surface area contributed by atoms with Crippen molar-refractivity contribution in [1.82, 2.24) is 9.88 Å². The number of nitrogens with two attached hydrogens (primary N) is 1. The first-order chi connectivity index (χ1) is 22.0. The molecule has 0 spiro atoms. The van der Waals surface area contributed by atoms with Crippen LogP contribution in [-0.2, 0) is 9.59 Å². The van der Waals surface area contributed by atoms with Crippen LogP contribution in [0.25, 0.3) is 10.9 Å². The number of anilines is 2. The normalized spacial score (nSPS) is 14.8. The Bertz CT molecular complexity index is 1620. The lowest BCUT2D eigenvalue weighted by Crippen LogP contribution is -2.34. The maximum atomic E-state index is 14.9. The molecule has 5 rings (SSSR count). The first kappa shape index (κ1) is 34.1. The fraction of sp³-hybridized carbons (Fsp3) is 0.343. The highest BCUT2D eigenvalue weighted by atomic mass is 19.1. The van der Waals surface area contributed by atoms with Gasteiger partial charge in [-0.05, 0) is 101 Å². The quantitative estimate of drug-likeness (QED) is 0.111. The second kappa shape index (κ2) is 15.5. The van der Waals surface area contributed by atoms with Gasteiger partial charge in [-0.3, -0.25) is 9.78 Å². The highest BCUT2D eigenvalue weighted by Crippen LogP contribution is 2.38. The molecule has 1 aliphatic rings. The second-order valence-electron chi connectivity index (χ2n) is 11.5. The number of likely N-dealkylation sites (tertiary alicyclic amines) is 1. The van der Waals surface area contributed by atoms with Crippen molar-refractivity contribution in [3.63, 3.8) is 0 Å². The van der Waals surface area contributed by atoms with E-state index < -0.39 is 17.1 Å². The van der Waals surface area contributed by atoms with E-state index in [9.17, 15) is 18.4 Å². The van der Waals surface area contributed by atoms with Crippen molar-refractivity contribution in [1.29, 1.82) is 0 Å². The molecular formula is C35H40F2N4O5. The molecule has 3 N–H and O–H groups in total. The third-order valence-electron chi connectivity index (χ3n) is 8.09. The molecule has 1 unspecified atom stereocenters. The Kier molecular flexibility index (Phi) is 11.5. The SMILES string of the molecule is CCC(C)(C=O)C(=O)Nc1ccc(Oc2ccnc3cc(OCC4CCN(C)CC4)c(OC)cc23)c(F)c1.Nc1ccc(F)cc1. The van der Waals surface area contributed by atoms with E-state index in [1.165, 1.54) is 43.3 Å². The number of rotatable bonds is 10. The Balaban J connectivity index is 0.000000523. The van der Waals surface area contributed by atoms with Gasteiger partial charge < -0.3 is 35.0 Å². The topological polar surface area (TPSA) is 116 Å². The molecule has 3 aromatic carbocycles. The molecule has 1 aliphatic heterocycles. The van der Waals surface area contributed by atoms with Crippen LogP contribution in [-0.4, -0.2) is 55.9 Å². The molecule has 1 amide bonds. The van der Waals surface area contributed by atoms with Crippen LogP contribution in [0.3, 0.4) is 0 Å². The van der Waals surface area contributed by atoms with Crippen molar-refractivity contribution < 1.29 is 32.6 Å². The van der Waals surface area contributed by atoms with Crippen LogP contribution < -0.4 is 25.3 Å². The Morgan fingerprint density at radius 3 is 2.37 bits per heavy atom. The number of carbonyl (C=O) groups is 2. The lowest BCUT2D eigenvalue weighted by atomic mass is 9.88. The molecule has 0 bridgehead atoms. The summed E-state index contributed by atoms with van der Waals surface area (Å²) in [5.74, 6) is 0.584. The number of amides is 1. The third-order valence-corrected chi connectivity index (χ3v) is 8.09. The van der Waals surface area contributed by atoms with Crippen molar-refractivity contribution >= 4 is 34.5 Å². The number of carbonyl (C=O) groups excluding carboxylic acids is 2. The lowest BCUT2D eigenvalue weighted by Gasteiger charge is -2.28. The van der Waals surface area contributed by atoms with E-state index in [1.54, 1.807) is 32.4 Å². The average molecular weight is 635 g/mol. The zero-order chi connectivity index (χ0) is 33.3. The van der Waals surface area contributed by atoms with E-state index in [2.05, 4.69) is 22.2 Å². The van der Waals surface area contributed by atoms with Gasteiger partial charge in [0.15, 0.2) is 23.1 Å². The smallest absolute Gasteiger partial charge is 0.237 e. The first-order valence-corrected chi connectivity index (χ1v) is 15.1. The molecule has 0 saturated carbocycles. The Morgan fingerprint density at radius 1 is 1.04 bits per heavy atom. The number of benzene rings is 3. The largest absolute Gasteiger partial charge is 0.493 e. The number of fused-ring (bicyclic) bond motifs is 1. The van der Waals surface area contributed by atoms with Gasteiger partial charge >= 0.3 is 0 Å². The van der Waals surface area contributed by atoms with Gasteiger partial charge in [0, 0.05) is 35.1 Å². The predicted molar refractivity (Wildman–Crippen MR) is 174 cm³/mol. The number of hydrogen-bond acceptors (Lipinski definition) is 8. The fourth-order valence-electron chi connectivity index (χ4n) is 4.74. The number of pyridine rings is 1. The molecule has 46 heavy (non-hydrogen) atoms. The van der Waals surface area contributed by atoms with E-state index >= 15 is 0 Å². The summed E-state index contributed by atoms with van der Waals surface area (Å²) in [6.45, 7) is 6.00. The van der Waals surface area contributed by atoms with Crippen LogP contribution in [0.2, 0.25) is 0 Å². The fourth-order valence-corrected chi connectivity index (χ4v) is 4.74. The van der Waals surface area contributed by atoms with E-state index in [0.29, 0.717) is 59.1 Å². The monoisotopic (exact) mass is 634 g/mol. The van der Waals surface area contributed by atoms with Crippen LogP contribution in [0.5, 0.6) is 23.0 Å². The van der Waals surface area contributed by atoms with E-state index in [-0.39, 0.29) is 17.3 Å². The Labute approximate surface area is 267 Å². The summed E-state index contributed by atoms with van der Waals surface area (Å²) in [7, 11) is 3.70. The summed E-state index contributed by atoms with van der Waals surface area (Å²) in [6, 6.07) is 15.0. The number of aromatic nitrogens is 1. The van der Waals surface area contributed by atoms with Crippen molar-refractivity contribution in [3.8, 4) is 23.0 Å². The summed E-state index contributed by atoms with van der Waals surface area (Å²) in [5, 5.41) is 3.23. The summed E-state index contributed by atoms with van der Waals surface area (Å²) in [6.07, 6.45) is 4.69. The number of ether oxygens (including phenoxy) is 3. The minimum atomic E-state index is -1.18. The molecule has 4 aromatic rings. The molecule has 9 nitrogen and oxygen atoms in total. The number of nitrogens with zero attached hydrogens (tertiary/aromatic N) is 2. The minimum Gasteiger partial charge on any atom is -0.493 e. The van der Waals surface area contributed by atoms with E-state index in [1.807, 2.05) is 6.07 Å². The molecule has 1 fully saturated rings. The number of nitrogens with one attached hydrogen (secondary N) is 1. The van der Waals surface area contributed by atoms with Gasteiger partial charge in [0.05, 0.1) is 19.2 Å². The number of aldehydes is 1. The maximum absolute atomic E-state index is 14.9. The predicted octanol–water partition coefficient (Wildman–Crippen LogP) is 6.86. The zero-order valence-electron chi connectivity index (χ0n) is 26.5. The number of nitrogen functional groups attached to an aromatic ring is 1. The molecular weight excluding hydrogens is 594 g/mol. The van der Waals surface area contributed by atoms with Gasteiger partial charge in [-0.15, -0.1) is 0 Å². The number of methoxy groups -OCH3 is 1. The van der Waals surface area contributed by atoms with Crippen LogP contribution in [0, 0.1) is 23.0 Å². The van der Waals surface area contributed by atoms with Gasteiger partial charge in [-0.25, -0.2) is 8.78 Å². The van der Waals surface area contributed by atoms with Crippen molar-refractivity contribution in [2.75, 3.05) is 44.9 Å². The Hall–Kier alpha value is -4.77. The molecule has 1 atom stereocenters. The number of halogens is 2. The summed E-state index contributed by atoms with van der Waals surface area (Å²) in [5.41, 5.74) is 5.52. The van der Waals surface area contributed by atoms with Gasteiger partial charge in [0.25, 0.3) is 0 Å². The number of hydrogen-bond donors (Lipinski definition) is 2. The van der Waals surface area contributed by atoms with Gasteiger partial charge in [0.1, 0.15) is 23.3 Å². The van der Waals surface area contributed by atoms with Crippen molar-refractivity contribution in [2.45, 2.75) is 33.1 Å². The summed E-state index contributed by atoms with van der Waals surface area (Å²) >= 11 is 0. The van der Waals surface area contributed by atoms with E-state index in [4.69, 9.17) is 19.9 Å². The molecule has 11 heteroatoms. The third kappa shape index (κ3) is 8.69. The molecule has 244 valence electrons. The second-order valence-corrected chi connectivity index (χ2v) is 11.5.